The first-order valence-corrected chi connectivity index (χ1v) is 8.24. The molecule has 0 bridgehead atoms. The van der Waals surface area contributed by atoms with Crippen LogP contribution in [-0.2, 0) is 11.2 Å². The number of esters is 1. The summed E-state index contributed by atoms with van der Waals surface area (Å²) in [5.74, 6) is -0.334. The van der Waals surface area contributed by atoms with E-state index in [1.165, 1.54) is 36.6 Å². The molecule has 0 fully saturated rings. The molecule has 0 radical (unpaired) electrons. The predicted molar refractivity (Wildman–Crippen MR) is 91.3 cm³/mol. The van der Waals surface area contributed by atoms with Gasteiger partial charge in [-0.2, -0.15) is 9.67 Å². The van der Waals surface area contributed by atoms with Gasteiger partial charge in [0.1, 0.15) is 5.69 Å². The maximum Gasteiger partial charge on any atom is 0.375 e. The topological polar surface area (TPSA) is 98.6 Å². The first kappa shape index (κ1) is 16.8. The third-order valence-electron chi connectivity index (χ3n) is 3.87. The fraction of sp³-hybridized carbons (Fsp3) is 0.353. The Hall–Kier alpha value is -3.03. The Labute approximate surface area is 145 Å². The second-order valence-corrected chi connectivity index (χ2v) is 5.68. The van der Waals surface area contributed by atoms with Gasteiger partial charge in [-0.05, 0) is 18.4 Å². The first-order valence-electron chi connectivity index (χ1n) is 8.24. The molecule has 0 atom stereocenters. The number of nitrogens with zero attached hydrogens (tertiary/aromatic N) is 5. The van der Waals surface area contributed by atoms with Gasteiger partial charge in [0.15, 0.2) is 0 Å². The molecule has 2 heterocycles. The van der Waals surface area contributed by atoms with Crippen LogP contribution in [0.25, 0.3) is 17.2 Å². The third-order valence-corrected chi connectivity index (χ3v) is 3.87. The summed E-state index contributed by atoms with van der Waals surface area (Å²) in [4.78, 5) is 15.4. The summed E-state index contributed by atoms with van der Waals surface area (Å²) < 4.78 is 6.00. The maximum atomic E-state index is 11.4. The third kappa shape index (κ3) is 3.90. The molecule has 0 saturated heterocycles. The number of aryl methyl sites for hydroxylation is 1. The summed E-state index contributed by atoms with van der Waals surface area (Å²) in [6.07, 6.45) is 6.49. The minimum Gasteiger partial charge on any atom is -0.463 e. The van der Waals surface area contributed by atoms with E-state index in [1.54, 1.807) is 6.20 Å². The van der Waals surface area contributed by atoms with Gasteiger partial charge in [-0.1, -0.05) is 49.2 Å². The molecule has 0 aliphatic carbocycles. The lowest BCUT2D eigenvalue weighted by molar-refractivity contribution is 0.0587. The van der Waals surface area contributed by atoms with Gasteiger partial charge in [0.25, 0.3) is 5.95 Å². The molecule has 0 aliphatic rings. The van der Waals surface area contributed by atoms with Gasteiger partial charge < -0.3 is 4.74 Å². The molecule has 0 unspecified atom stereocenters. The van der Waals surface area contributed by atoms with E-state index in [4.69, 9.17) is 0 Å². The average molecular weight is 340 g/mol. The van der Waals surface area contributed by atoms with Crippen molar-refractivity contribution in [3.63, 3.8) is 0 Å². The zero-order valence-corrected chi connectivity index (χ0v) is 14.3. The molecule has 0 saturated carbocycles. The number of aromatic amines is 1. The Morgan fingerprint density at radius 2 is 2.04 bits per heavy atom. The minimum absolute atomic E-state index is 0.0194. The lowest BCUT2D eigenvalue weighted by atomic mass is 10.0. The van der Waals surface area contributed by atoms with Gasteiger partial charge >= 0.3 is 5.97 Å². The summed E-state index contributed by atoms with van der Waals surface area (Å²) in [6.45, 7) is 2.20. The fourth-order valence-corrected chi connectivity index (χ4v) is 2.46. The van der Waals surface area contributed by atoms with Crippen molar-refractivity contribution in [1.82, 2.24) is 30.2 Å². The molecule has 3 aromatic rings. The number of aromatic nitrogens is 6. The Morgan fingerprint density at radius 3 is 2.76 bits per heavy atom. The predicted octanol–water partition coefficient (Wildman–Crippen LogP) is 2.57. The maximum absolute atomic E-state index is 11.4. The Kier molecular flexibility index (Phi) is 5.17. The second kappa shape index (κ2) is 7.69. The molecular formula is C17H20N6O2. The van der Waals surface area contributed by atoms with Crippen molar-refractivity contribution in [2.75, 3.05) is 7.11 Å². The lowest BCUT2D eigenvalue weighted by Gasteiger charge is -2.01. The first-order chi connectivity index (χ1) is 12.2. The highest BCUT2D eigenvalue weighted by molar-refractivity contribution is 5.85. The molecule has 3 rings (SSSR count). The molecule has 0 aliphatic heterocycles. The van der Waals surface area contributed by atoms with Crippen molar-refractivity contribution in [3.8, 4) is 17.2 Å². The number of unbranched alkanes of at least 4 members (excludes halogenated alkanes) is 2. The number of methoxy groups -OCH3 is 1. The Balaban J connectivity index is 1.72. The van der Waals surface area contributed by atoms with E-state index in [2.05, 4.69) is 49.3 Å². The molecule has 2 aromatic heterocycles. The number of nitrogens with one attached hydrogen (secondary N) is 1. The minimum atomic E-state index is -0.585. The second-order valence-electron chi connectivity index (χ2n) is 5.68. The number of H-pyrrole nitrogens is 1. The zero-order valence-electron chi connectivity index (χ0n) is 14.3. The van der Waals surface area contributed by atoms with Gasteiger partial charge in [0, 0.05) is 5.56 Å². The summed E-state index contributed by atoms with van der Waals surface area (Å²) >= 11 is 0. The molecule has 8 nitrogen and oxygen atoms in total. The van der Waals surface area contributed by atoms with Crippen LogP contribution in [0.15, 0.2) is 30.5 Å². The van der Waals surface area contributed by atoms with E-state index >= 15 is 0 Å². The fourth-order valence-electron chi connectivity index (χ4n) is 2.46. The van der Waals surface area contributed by atoms with E-state index in [0.29, 0.717) is 5.69 Å². The average Bonchev–Trinajstić information content (AvgIpc) is 3.31. The van der Waals surface area contributed by atoms with Crippen molar-refractivity contribution < 1.29 is 9.53 Å². The highest BCUT2D eigenvalue weighted by Gasteiger charge is 2.14. The highest BCUT2D eigenvalue weighted by atomic mass is 16.5. The van der Waals surface area contributed by atoms with E-state index in [0.717, 1.165) is 12.0 Å². The molecule has 0 spiro atoms. The van der Waals surface area contributed by atoms with E-state index in [9.17, 15) is 4.79 Å². The summed E-state index contributed by atoms with van der Waals surface area (Å²) in [5, 5.41) is 14.6. The number of rotatable bonds is 7. The number of ether oxygens (including phenoxy) is 1. The van der Waals surface area contributed by atoms with Gasteiger partial charge in [0.2, 0.25) is 5.82 Å². The van der Waals surface area contributed by atoms with Gasteiger partial charge in [-0.15, -0.1) is 10.2 Å². The van der Waals surface area contributed by atoms with Crippen LogP contribution in [0.3, 0.4) is 0 Å². The summed E-state index contributed by atoms with van der Waals surface area (Å²) in [5.41, 5.74) is 3.00. The van der Waals surface area contributed by atoms with Crippen molar-refractivity contribution in [2.45, 2.75) is 32.6 Å². The largest absolute Gasteiger partial charge is 0.463 e. The van der Waals surface area contributed by atoms with Crippen LogP contribution >= 0.6 is 0 Å². The van der Waals surface area contributed by atoms with Crippen LogP contribution in [0.4, 0.5) is 0 Å². The normalized spacial score (nSPS) is 10.8. The van der Waals surface area contributed by atoms with Crippen molar-refractivity contribution >= 4 is 5.97 Å². The van der Waals surface area contributed by atoms with E-state index in [-0.39, 0.29) is 11.8 Å². The Morgan fingerprint density at radius 1 is 1.24 bits per heavy atom. The SMILES string of the molecule is CCCCCc1ccc(-c2cn(-c3n[nH]c(C(=O)OC)n3)nn2)cc1. The van der Waals surface area contributed by atoms with Crippen LogP contribution in [0.2, 0.25) is 0 Å². The molecule has 25 heavy (non-hydrogen) atoms. The lowest BCUT2D eigenvalue weighted by Crippen LogP contribution is -2.04. The standard InChI is InChI=1S/C17H20N6O2/c1-3-4-5-6-12-7-9-13(10-8-12)14-11-23(22-19-14)17-18-15(20-21-17)16(24)25-2/h7-11H,3-6H2,1-2H3,(H,18,20,21). The molecule has 1 aromatic carbocycles. The van der Waals surface area contributed by atoms with Gasteiger partial charge in [-0.3, -0.25) is 5.10 Å². The number of hydrogen-bond acceptors (Lipinski definition) is 6. The summed E-state index contributed by atoms with van der Waals surface area (Å²) in [7, 11) is 1.28. The smallest absolute Gasteiger partial charge is 0.375 e. The number of benzene rings is 1. The van der Waals surface area contributed by atoms with Crippen molar-refractivity contribution in [1.29, 1.82) is 0 Å². The molecule has 8 heteroatoms. The monoisotopic (exact) mass is 340 g/mol. The zero-order chi connectivity index (χ0) is 17.6. The van der Waals surface area contributed by atoms with Crippen LogP contribution in [0, 0.1) is 0 Å². The van der Waals surface area contributed by atoms with Crippen LogP contribution in [0.1, 0.15) is 42.4 Å². The highest BCUT2D eigenvalue weighted by Crippen LogP contribution is 2.18. The number of carbonyl (C=O) groups is 1. The van der Waals surface area contributed by atoms with Crippen LogP contribution in [0.5, 0.6) is 0 Å². The van der Waals surface area contributed by atoms with E-state index < -0.39 is 5.97 Å². The molecule has 130 valence electrons. The van der Waals surface area contributed by atoms with Crippen molar-refractivity contribution in [2.24, 2.45) is 0 Å². The Bertz CT molecular complexity index is 837. The van der Waals surface area contributed by atoms with Gasteiger partial charge in [0.05, 0.1) is 13.3 Å². The van der Waals surface area contributed by atoms with Crippen LogP contribution < -0.4 is 0 Å². The molecular weight excluding hydrogens is 320 g/mol. The van der Waals surface area contributed by atoms with Crippen LogP contribution in [-0.4, -0.2) is 43.3 Å². The number of carbonyl (C=O) groups excluding carboxylic acids is 1. The van der Waals surface area contributed by atoms with Crippen molar-refractivity contribution in [3.05, 3.63) is 41.9 Å². The molecule has 1 N–H and O–H groups in total. The molecule has 0 amide bonds. The van der Waals surface area contributed by atoms with Gasteiger partial charge in [-0.25, -0.2) is 4.79 Å². The number of hydrogen-bond donors (Lipinski definition) is 1. The quantitative estimate of drug-likeness (QED) is 0.524. The van der Waals surface area contributed by atoms with E-state index in [1.807, 2.05) is 12.1 Å². The summed E-state index contributed by atoms with van der Waals surface area (Å²) in [6, 6.07) is 8.30.